The van der Waals surface area contributed by atoms with Gasteiger partial charge in [-0.1, -0.05) is 24.3 Å². The third-order valence-corrected chi connectivity index (χ3v) is 6.19. The molecule has 0 saturated carbocycles. The molecule has 0 radical (unpaired) electrons. The Bertz CT molecular complexity index is 613. The zero-order valence-corrected chi connectivity index (χ0v) is 14.7. The summed E-state index contributed by atoms with van der Waals surface area (Å²) in [4.78, 5) is 0. The Morgan fingerprint density at radius 3 is 2.27 bits per heavy atom. The van der Waals surface area contributed by atoms with Gasteiger partial charge in [-0.15, -0.1) is 12.4 Å². The predicted molar refractivity (Wildman–Crippen MR) is 90.4 cm³/mol. The van der Waals surface area contributed by atoms with Crippen LogP contribution in [0.3, 0.4) is 0 Å². The molecule has 22 heavy (non-hydrogen) atoms. The van der Waals surface area contributed by atoms with Crippen molar-refractivity contribution in [2.24, 2.45) is 0 Å². The number of benzene rings is 1. The standard InChI is InChI=1S/C15H23N3O2S.ClH/c1-12-9-18(10-13(2)16-12)21(19,20)17-8-7-14-5-3-4-6-15(14)11-17;/h3-6,12-13,16H,7-11H2,1-2H3;1H. The minimum Gasteiger partial charge on any atom is -0.309 e. The molecule has 7 heteroatoms. The number of hydrogen-bond donors (Lipinski definition) is 1. The predicted octanol–water partition coefficient (Wildman–Crippen LogP) is 1.39. The smallest absolute Gasteiger partial charge is 0.282 e. The van der Waals surface area contributed by atoms with Crippen LogP contribution in [0.2, 0.25) is 0 Å². The highest BCUT2D eigenvalue weighted by Crippen LogP contribution is 2.23. The van der Waals surface area contributed by atoms with Gasteiger partial charge in [0, 0.05) is 38.3 Å². The maximum absolute atomic E-state index is 12.9. The van der Waals surface area contributed by atoms with Crippen molar-refractivity contribution < 1.29 is 8.42 Å². The maximum Gasteiger partial charge on any atom is 0.282 e. The van der Waals surface area contributed by atoms with E-state index in [1.807, 2.05) is 32.0 Å². The molecule has 5 nitrogen and oxygen atoms in total. The van der Waals surface area contributed by atoms with Crippen LogP contribution >= 0.6 is 12.4 Å². The molecule has 1 saturated heterocycles. The highest BCUT2D eigenvalue weighted by atomic mass is 35.5. The zero-order chi connectivity index (χ0) is 15.0. The molecule has 1 aromatic rings. The molecule has 0 amide bonds. The number of piperazine rings is 1. The summed E-state index contributed by atoms with van der Waals surface area (Å²) in [6, 6.07) is 8.50. The van der Waals surface area contributed by atoms with Crippen LogP contribution in [0, 0.1) is 0 Å². The van der Waals surface area contributed by atoms with E-state index in [0.717, 1.165) is 12.0 Å². The molecule has 0 spiro atoms. The summed E-state index contributed by atoms with van der Waals surface area (Å²) in [5.74, 6) is 0. The number of rotatable bonds is 2. The van der Waals surface area contributed by atoms with Crippen molar-refractivity contribution >= 4 is 22.6 Å². The summed E-state index contributed by atoms with van der Waals surface area (Å²) < 4.78 is 29.0. The molecular weight excluding hydrogens is 322 g/mol. The van der Waals surface area contributed by atoms with E-state index >= 15 is 0 Å². The van der Waals surface area contributed by atoms with Gasteiger partial charge in [0.15, 0.2) is 0 Å². The van der Waals surface area contributed by atoms with E-state index in [-0.39, 0.29) is 24.5 Å². The second-order valence-electron chi connectivity index (χ2n) is 6.15. The lowest BCUT2D eigenvalue weighted by Crippen LogP contribution is -2.58. The molecule has 2 aliphatic heterocycles. The van der Waals surface area contributed by atoms with Crippen molar-refractivity contribution in [1.82, 2.24) is 13.9 Å². The minimum absolute atomic E-state index is 0. The van der Waals surface area contributed by atoms with Crippen LogP contribution in [-0.2, 0) is 23.2 Å². The first kappa shape index (κ1) is 17.7. The number of fused-ring (bicyclic) bond motifs is 1. The number of halogens is 1. The molecule has 1 fully saturated rings. The molecule has 0 aliphatic carbocycles. The Morgan fingerprint density at radius 1 is 1.05 bits per heavy atom. The summed E-state index contributed by atoms with van der Waals surface area (Å²) in [7, 11) is -3.37. The Hall–Kier alpha value is -0.660. The number of hydrogen-bond acceptors (Lipinski definition) is 3. The van der Waals surface area contributed by atoms with Crippen LogP contribution in [0.15, 0.2) is 24.3 Å². The lowest BCUT2D eigenvalue weighted by Gasteiger charge is -2.39. The molecule has 1 N–H and O–H groups in total. The van der Waals surface area contributed by atoms with Gasteiger partial charge < -0.3 is 5.32 Å². The average Bonchev–Trinajstić information content (AvgIpc) is 2.45. The van der Waals surface area contributed by atoms with Gasteiger partial charge in [0.1, 0.15) is 0 Å². The highest BCUT2D eigenvalue weighted by molar-refractivity contribution is 7.86. The van der Waals surface area contributed by atoms with Crippen LogP contribution in [0.4, 0.5) is 0 Å². The van der Waals surface area contributed by atoms with Crippen molar-refractivity contribution in [1.29, 1.82) is 0 Å². The van der Waals surface area contributed by atoms with E-state index in [1.165, 1.54) is 5.56 Å². The fourth-order valence-corrected chi connectivity index (χ4v) is 5.07. The fraction of sp³-hybridized carbons (Fsp3) is 0.600. The second kappa shape index (κ2) is 6.84. The molecule has 3 rings (SSSR count). The van der Waals surface area contributed by atoms with E-state index in [1.54, 1.807) is 8.61 Å². The quantitative estimate of drug-likeness (QED) is 0.881. The van der Waals surface area contributed by atoms with E-state index in [9.17, 15) is 8.42 Å². The Morgan fingerprint density at radius 2 is 1.64 bits per heavy atom. The fourth-order valence-electron chi connectivity index (χ4n) is 3.30. The van der Waals surface area contributed by atoms with E-state index < -0.39 is 10.2 Å². The molecule has 0 aromatic heterocycles. The lowest BCUT2D eigenvalue weighted by molar-refractivity contribution is 0.240. The van der Waals surface area contributed by atoms with Gasteiger partial charge in [-0.25, -0.2) is 0 Å². The van der Waals surface area contributed by atoms with Crippen molar-refractivity contribution in [3.63, 3.8) is 0 Å². The minimum atomic E-state index is -3.37. The molecule has 2 unspecified atom stereocenters. The van der Waals surface area contributed by atoms with Crippen LogP contribution < -0.4 is 5.32 Å². The van der Waals surface area contributed by atoms with Gasteiger partial charge in [0.05, 0.1) is 0 Å². The van der Waals surface area contributed by atoms with Crippen molar-refractivity contribution in [3.8, 4) is 0 Å². The molecule has 0 bridgehead atoms. The van der Waals surface area contributed by atoms with Crippen LogP contribution in [0.25, 0.3) is 0 Å². The summed E-state index contributed by atoms with van der Waals surface area (Å²) in [5, 5.41) is 3.38. The number of nitrogens with one attached hydrogen (secondary N) is 1. The zero-order valence-electron chi connectivity index (χ0n) is 13.0. The third kappa shape index (κ3) is 3.46. The molecule has 2 aliphatic rings. The van der Waals surface area contributed by atoms with Crippen molar-refractivity contribution in [3.05, 3.63) is 35.4 Å². The summed E-state index contributed by atoms with van der Waals surface area (Å²) in [6.45, 7) is 6.22. The first-order valence-corrected chi connectivity index (χ1v) is 8.94. The first-order chi connectivity index (χ1) is 9.96. The van der Waals surface area contributed by atoms with E-state index in [2.05, 4.69) is 11.4 Å². The Labute approximate surface area is 139 Å². The molecule has 124 valence electrons. The van der Waals surface area contributed by atoms with E-state index in [4.69, 9.17) is 0 Å². The highest BCUT2D eigenvalue weighted by Gasteiger charge is 2.35. The Balaban J connectivity index is 0.00000176. The Kier molecular flexibility index (Phi) is 5.50. The van der Waals surface area contributed by atoms with Crippen molar-refractivity contribution in [2.75, 3.05) is 19.6 Å². The van der Waals surface area contributed by atoms with Gasteiger partial charge in [-0.3, -0.25) is 0 Å². The third-order valence-electron chi connectivity index (χ3n) is 4.27. The lowest BCUT2D eigenvalue weighted by atomic mass is 10.0. The second-order valence-corrected chi connectivity index (χ2v) is 8.07. The van der Waals surface area contributed by atoms with Gasteiger partial charge in [0.25, 0.3) is 10.2 Å². The monoisotopic (exact) mass is 345 g/mol. The maximum atomic E-state index is 12.9. The molecule has 1 aromatic carbocycles. The molecule has 2 heterocycles. The molecule has 2 atom stereocenters. The SMILES string of the molecule is CC1CN(S(=O)(=O)N2CCc3ccccc3C2)CC(C)N1.Cl. The summed E-state index contributed by atoms with van der Waals surface area (Å²) >= 11 is 0. The van der Waals surface area contributed by atoms with Gasteiger partial charge in [0.2, 0.25) is 0 Å². The number of nitrogens with zero attached hydrogens (tertiary/aromatic N) is 2. The molecular formula is C15H24ClN3O2S. The van der Waals surface area contributed by atoms with Gasteiger partial charge >= 0.3 is 0 Å². The first-order valence-electron chi connectivity index (χ1n) is 7.55. The topological polar surface area (TPSA) is 52.7 Å². The van der Waals surface area contributed by atoms with Crippen LogP contribution in [-0.4, -0.2) is 48.7 Å². The van der Waals surface area contributed by atoms with Crippen molar-refractivity contribution in [2.45, 2.75) is 38.9 Å². The average molecular weight is 346 g/mol. The normalized spacial score (nSPS) is 27.0. The summed E-state index contributed by atoms with van der Waals surface area (Å²) in [6.07, 6.45) is 0.798. The van der Waals surface area contributed by atoms with Crippen LogP contribution in [0.5, 0.6) is 0 Å². The van der Waals surface area contributed by atoms with E-state index in [0.29, 0.717) is 26.2 Å². The largest absolute Gasteiger partial charge is 0.309 e. The van der Waals surface area contributed by atoms with Gasteiger partial charge in [-0.05, 0) is 31.4 Å². The van der Waals surface area contributed by atoms with Crippen LogP contribution in [0.1, 0.15) is 25.0 Å². The van der Waals surface area contributed by atoms with Gasteiger partial charge in [-0.2, -0.15) is 17.0 Å². The summed E-state index contributed by atoms with van der Waals surface area (Å²) in [5.41, 5.74) is 2.40.